The summed E-state index contributed by atoms with van der Waals surface area (Å²) in [5.41, 5.74) is 4.34. The first-order valence-corrected chi connectivity index (χ1v) is 9.34. The maximum Gasteiger partial charge on any atom is 0.335 e. The molecule has 1 aromatic heterocycles. The maximum absolute atomic E-state index is 11.1. The van der Waals surface area contributed by atoms with Gasteiger partial charge in [-0.15, -0.1) is 10.4 Å². The van der Waals surface area contributed by atoms with E-state index in [0.29, 0.717) is 5.69 Å². The number of ether oxygens (including phenoxy) is 1. The van der Waals surface area contributed by atoms with Gasteiger partial charge in [-0.1, -0.05) is 17.7 Å². The summed E-state index contributed by atoms with van der Waals surface area (Å²) < 4.78 is 5.13. The van der Waals surface area contributed by atoms with Crippen LogP contribution in [-0.2, 0) is 0 Å². The summed E-state index contributed by atoms with van der Waals surface area (Å²) in [6.45, 7) is 1.95. The van der Waals surface area contributed by atoms with Gasteiger partial charge >= 0.3 is 11.8 Å². The summed E-state index contributed by atoms with van der Waals surface area (Å²) >= 11 is 1.27. The van der Waals surface area contributed by atoms with Crippen molar-refractivity contribution in [2.24, 2.45) is 0 Å². The van der Waals surface area contributed by atoms with Crippen molar-refractivity contribution in [1.82, 2.24) is 10.3 Å². The molecule has 1 aromatic carbocycles. The number of pyridine rings is 1. The molecule has 150 valence electrons. The van der Waals surface area contributed by atoms with Gasteiger partial charge in [-0.25, -0.2) is 9.78 Å². The summed E-state index contributed by atoms with van der Waals surface area (Å²) in [6, 6.07) is 7.71. The van der Waals surface area contributed by atoms with Crippen LogP contribution in [0, 0.1) is 18.8 Å². The monoisotopic (exact) mass is 415 g/mol. The molecule has 1 unspecified atom stereocenters. The van der Waals surface area contributed by atoms with Crippen LogP contribution in [0.25, 0.3) is 0 Å². The Kier molecular flexibility index (Phi) is 5.95. The van der Waals surface area contributed by atoms with Gasteiger partial charge in [0, 0.05) is 6.20 Å². The van der Waals surface area contributed by atoms with Gasteiger partial charge < -0.3 is 15.2 Å². The summed E-state index contributed by atoms with van der Waals surface area (Å²) in [4.78, 5) is 13.5. The first-order valence-electron chi connectivity index (χ1n) is 8.39. The van der Waals surface area contributed by atoms with E-state index in [1.165, 1.54) is 42.5 Å². The minimum Gasteiger partial charge on any atom is -0.494 e. The first-order chi connectivity index (χ1) is 13.8. The number of nitrogens with one attached hydrogen (secondary N) is 2. The van der Waals surface area contributed by atoms with Gasteiger partial charge in [0.15, 0.2) is 0 Å². The van der Waals surface area contributed by atoms with Crippen molar-refractivity contribution in [2.75, 3.05) is 12.5 Å². The predicted octanol–water partition coefficient (Wildman–Crippen LogP) is 2.53. The van der Waals surface area contributed by atoms with Crippen LogP contribution >= 0.6 is 11.8 Å². The van der Waals surface area contributed by atoms with Gasteiger partial charge in [0.2, 0.25) is 0 Å². The Hall–Kier alpha value is -3.23. The molecule has 0 saturated heterocycles. The third kappa shape index (κ3) is 4.98. The van der Waals surface area contributed by atoms with E-state index in [0.717, 1.165) is 5.56 Å². The molecule has 2 aromatic rings. The van der Waals surface area contributed by atoms with Crippen LogP contribution in [0.3, 0.4) is 0 Å². The number of thioether (sulfide) groups is 1. The summed E-state index contributed by atoms with van der Waals surface area (Å²) in [6.07, 6.45) is 1.68. The zero-order chi connectivity index (χ0) is 21.0. The molecule has 10 heteroatoms. The average molecular weight is 415 g/mol. The molecule has 0 fully saturated rings. The van der Waals surface area contributed by atoms with E-state index < -0.39 is 16.3 Å². The molecule has 0 spiro atoms. The van der Waals surface area contributed by atoms with Crippen molar-refractivity contribution in [3.63, 3.8) is 0 Å². The molecule has 0 aliphatic carbocycles. The maximum atomic E-state index is 11.1. The number of aryl methyl sites for hydroxylation is 1. The van der Waals surface area contributed by atoms with Crippen LogP contribution in [0.4, 0.5) is 5.69 Å². The molecule has 0 saturated carbocycles. The second-order valence-corrected chi connectivity index (χ2v) is 7.06. The largest absolute Gasteiger partial charge is 0.494 e. The first kappa shape index (κ1) is 20.5. The molecule has 9 nitrogen and oxygen atoms in total. The van der Waals surface area contributed by atoms with Crippen molar-refractivity contribution in [1.29, 1.82) is 0 Å². The summed E-state index contributed by atoms with van der Waals surface area (Å²) in [5.74, 6) is 4.97. The van der Waals surface area contributed by atoms with Crippen molar-refractivity contribution in [3.05, 3.63) is 64.6 Å². The Labute approximate surface area is 171 Å². The second-order valence-electron chi connectivity index (χ2n) is 6.08. The highest BCUT2D eigenvalue weighted by atomic mass is 32.2. The molecule has 1 atom stereocenters. The van der Waals surface area contributed by atoms with Crippen LogP contribution in [0.2, 0.25) is 0 Å². The molecule has 1 aliphatic rings. The molecular weight excluding hydrogens is 396 g/mol. The number of carbonyl (C=O) groups is 1. The Morgan fingerprint density at radius 1 is 1.34 bits per heavy atom. The normalized spacial score (nSPS) is 15.6. The number of aromatic carboxylic acids is 1. The smallest absolute Gasteiger partial charge is 0.335 e. The third-order valence-electron chi connectivity index (χ3n) is 3.90. The quantitative estimate of drug-likeness (QED) is 0.285. The van der Waals surface area contributed by atoms with E-state index in [-0.39, 0.29) is 22.8 Å². The Morgan fingerprint density at radius 2 is 2.14 bits per heavy atom. The number of methoxy groups -OCH3 is 1. The Balaban J connectivity index is 1.70. The van der Waals surface area contributed by atoms with Crippen molar-refractivity contribution in [3.8, 4) is 17.6 Å². The zero-order valence-corrected chi connectivity index (χ0v) is 16.4. The molecule has 0 bridgehead atoms. The standard InChI is InChI=1S/C19H18N4O5S/c1-12-7-8-20-14(9-12)4-6-18-21-17(11-29-18)23(26,27)22-15-5-3-13(19(24)25)10-16(15)28-2/h3,5,7-11,18,21-22,26-27H,1-2H3/p+1. The lowest BCUT2D eigenvalue weighted by Gasteiger charge is -2.23. The number of rotatable bonds is 5. The highest BCUT2D eigenvalue weighted by Crippen LogP contribution is 2.30. The van der Waals surface area contributed by atoms with Gasteiger partial charge in [-0.2, -0.15) is 5.43 Å². The molecule has 2 heterocycles. The second kappa shape index (κ2) is 8.42. The van der Waals surface area contributed by atoms with Crippen molar-refractivity contribution in [2.45, 2.75) is 12.3 Å². The van der Waals surface area contributed by atoms with E-state index in [2.05, 4.69) is 27.6 Å². The van der Waals surface area contributed by atoms with Gasteiger partial charge in [0.05, 0.1) is 23.0 Å². The lowest BCUT2D eigenvalue weighted by Crippen LogP contribution is -2.49. The van der Waals surface area contributed by atoms with Gasteiger partial charge in [0.1, 0.15) is 22.5 Å². The fourth-order valence-electron chi connectivity index (χ4n) is 2.46. The number of quaternary nitrogens is 1. The number of hydroxylamine groups is 2. The molecule has 5 N–H and O–H groups in total. The SMILES string of the molecule is COc1cc(C(=O)O)ccc1N[N+](O)(O)C1=CSC(C#Cc2cc(C)ccn2)N1. The number of hydrogen-bond donors (Lipinski definition) is 5. The fraction of sp³-hybridized carbons (Fsp3) is 0.158. The molecular formula is C19H19N4O5S+. The van der Waals surface area contributed by atoms with Gasteiger partial charge in [-0.05, 0) is 48.7 Å². The van der Waals surface area contributed by atoms with Crippen molar-refractivity contribution < 1.29 is 30.0 Å². The molecule has 29 heavy (non-hydrogen) atoms. The molecule has 3 rings (SSSR count). The summed E-state index contributed by atoms with van der Waals surface area (Å²) in [7, 11) is 1.35. The van der Waals surface area contributed by atoms with Crippen LogP contribution in [-0.4, -0.2) is 43.9 Å². The summed E-state index contributed by atoms with van der Waals surface area (Å²) in [5, 5.41) is 33.9. The van der Waals surface area contributed by atoms with E-state index in [1.54, 1.807) is 6.20 Å². The molecule has 1 aliphatic heterocycles. The number of anilines is 1. The van der Waals surface area contributed by atoms with Crippen LogP contribution in [0.15, 0.2) is 47.8 Å². The number of carboxylic acid groups (broad SMARTS) is 1. The topological polar surface area (TPSA) is 124 Å². The minimum atomic E-state index is -1.70. The molecule has 0 radical (unpaired) electrons. The van der Waals surface area contributed by atoms with Crippen LogP contribution < -0.4 is 15.5 Å². The number of benzene rings is 1. The van der Waals surface area contributed by atoms with Crippen molar-refractivity contribution >= 4 is 23.4 Å². The fourth-order valence-corrected chi connectivity index (χ4v) is 3.25. The average Bonchev–Trinajstić information content (AvgIpc) is 3.16. The van der Waals surface area contributed by atoms with E-state index >= 15 is 0 Å². The predicted molar refractivity (Wildman–Crippen MR) is 106 cm³/mol. The number of hydrogen-bond acceptors (Lipinski definition) is 8. The lowest BCUT2D eigenvalue weighted by molar-refractivity contribution is -1.21. The Morgan fingerprint density at radius 3 is 2.83 bits per heavy atom. The number of carboxylic acids is 1. The van der Waals surface area contributed by atoms with Gasteiger partial charge in [-0.3, -0.25) is 0 Å². The lowest BCUT2D eigenvalue weighted by atomic mass is 10.2. The van der Waals surface area contributed by atoms with Crippen LogP contribution in [0.5, 0.6) is 5.75 Å². The minimum absolute atomic E-state index is 0.00948. The van der Waals surface area contributed by atoms with E-state index in [9.17, 15) is 15.2 Å². The highest BCUT2D eigenvalue weighted by molar-refractivity contribution is 8.03. The number of aromatic nitrogens is 1. The van der Waals surface area contributed by atoms with Gasteiger partial charge in [0.25, 0.3) is 0 Å². The van der Waals surface area contributed by atoms with E-state index in [4.69, 9.17) is 9.84 Å². The molecule has 0 amide bonds. The Bertz CT molecular complexity index is 1030. The highest BCUT2D eigenvalue weighted by Gasteiger charge is 2.37. The zero-order valence-electron chi connectivity index (χ0n) is 15.6. The third-order valence-corrected chi connectivity index (χ3v) is 4.77. The van der Waals surface area contributed by atoms with E-state index in [1.807, 2.05) is 19.1 Å². The van der Waals surface area contributed by atoms with Crippen LogP contribution in [0.1, 0.15) is 21.6 Å². The number of nitrogens with zero attached hydrogens (tertiary/aromatic N) is 2.